The largest absolute Gasteiger partial charge is 0.311 e. The molecule has 106 valence electrons. The van der Waals surface area contributed by atoms with Crippen molar-refractivity contribution < 1.29 is 0 Å². The SMILES string of the molecule is CCCC1CN(C2CCC(CC)CC2)C(C)CN1. The predicted molar refractivity (Wildman–Crippen MR) is 78.9 cm³/mol. The molecule has 0 radical (unpaired) electrons. The van der Waals surface area contributed by atoms with Gasteiger partial charge < -0.3 is 5.32 Å². The fourth-order valence-electron chi connectivity index (χ4n) is 3.89. The number of nitrogens with one attached hydrogen (secondary N) is 1. The molecule has 0 spiro atoms. The zero-order valence-electron chi connectivity index (χ0n) is 12.6. The van der Waals surface area contributed by atoms with E-state index in [2.05, 4.69) is 31.0 Å². The number of nitrogens with zero attached hydrogens (tertiary/aromatic N) is 1. The highest BCUT2D eigenvalue weighted by Gasteiger charge is 2.32. The lowest BCUT2D eigenvalue weighted by Gasteiger charge is -2.45. The molecule has 1 aliphatic carbocycles. The van der Waals surface area contributed by atoms with Crippen molar-refractivity contribution in [3.05, 3.63) is 0 Å². The van der Waals surface area contributed by atoms with Crippen LogP contribution in [0.25, 0.3) is 0 Å². The van der Waals surface area contributed by atoms with Crippen molar-refractivity contribution in [2.45, 2.75) is 83.8 Å². The molecule has 0 bridgehead atoms. The molecule has 1 heterocycles. The summed E-state index contributed by atoms with van der Waals surface area (Å²) in [5.74, 6) is 1.02. The van der Waals surface area contributed by atoms with Gasteiger partial charge in [0.15, 0.2) is 0 Å². The lowest BCUT2D eigenvalue weighted by Crippen LogP contribution is -2.58. The third-order valence-electron chi connectivity index (χ3n) is 5.20. The molecule has 0 amide bonds. The molecule has 1 aliphatic heterocycles. The predicted octanol–water partition coefficient (Wildman–Crippen LogP) is 3.42. The first kappa shape index (κ1) is 14.3. The van der Waals surface area contributed by atoms with Crippen molar-refractivity contribution in [3.8, 4) is 0 Å². The average molecular weight is 252 g/mol. The summed E-state index contributed by atoms with van der Waals surface area (Å²) in [4.78, 5) is 2.82. The van der Waals surface area contributed by atoms with E-state index < -0.39 is 0 Å². The molecule has 1 saturated heterocycles. The van der Waals surface area contributed by atoms with E-state index in [1.807, 2.05) is 0 Å². The summed E-state index contributed by atoms with van der Waals surface area (Å²) in [6.07, 6.45) is 9.87. The summed E-state index contributed by atoms with van der Waals surface area (Å²) in [5.41, 5.74) is 0. The normalized spacial score (nSPS) is 38.8. The maximum atomic E-state index is 3.72. The van der Waals surface area contributed by atoms with E-state index in [9.17, 15) is 0 Å². The highest BCUT2D eigenvalue weighted by molar-refractivity contribution is 4.89. The van der Waals surface area contributed by atoms with Crippen molar-refractivity contribution in [3.63, 3.8) is 0 Å². The van der Waals surface area contributed by atoms with Crippen LogP contribution in [0.1, 0.15) is 65.7 Å². The number of rotatable bonds is 4. The Balaban J connectivity index is 1.86. The Kier molecular flexibility index (Phi) is 5.50. The second-order valence-corrected chi connectivity index (χ2v) is 6.52. The van der Waals surface area contributed by atoms with E-state index in [1.54, 1.807) is 0 Å². The number of hydrogen-bond donors (Lipinski definition) is 1. The lowest BCUT2D eigenvalue weighted by molar-refractivity contribution is 0.0584. The molecule has 2 rings (SSSR count). The van der Waals surface area contributed by atoms with Gasteiger partial charge in [-0.2, -0.15) is 0 Å². The van der Waals surface area contributed by atoms with Crippen LogP contribution in [0, 0.1) is 5.92 Å². The van der Waals surface area contributed by atoms with Crippen molar-refractivity contribution >= 4 is 0 Å². The van der Waals surface area contributed by atoms with E-state index in [1.165, 1.54) is 58.0 Å². The van der Waals surface area contributed by atoms with Crippen LogP contribution in [0.2, 0.25) is 0 Å². The fourth-order valence-corrected chi connectivity index (χ4v) is 3.89. The third kappa shape index (κ3) is 3.48. The van der Waals surface area contributed by atoms with E-state index in [4.69, 9.17) is 0 Å². The van der Waals surface area contributed by atoms with Crippen molar-refractivity contribution in [1.29, 1.82) is 0 Å². The van der Waals surface area contributed by atoms with Crippen LogP contribution in [0.5, 0.6) is 0 Å². The maximum Gasteiger partial charge on any atom is 0.0196 e. The molecule has 1 N–H and O–H groups in total. The van der Waals surface area contributed by atoms with Gasteiger partial charge in [-0.05, 0) is 44.9 Å². The summed E-state index contributed by atoms with van der Waals surface area (Å²) in [5, 5.41) is 3.72. The van der Waals surface area contributed by atoms with Crippen LogP contribution < -0.4 is 5.32 Å². The molecular weight excluding hydrogens is 220 g/mol. The summed E-state index contributed by atoms with van der Waals surface area (Å²) < 4.78 is 0. The number of hydrogen-bond acceptors (Lipinski definition) is 2. The number of piperazine rings is 1. The van der Waals surface area contributed by atoms with Gasteiger partial charge in [0.05, 0.1) is 0 Å². The Morgan fingerprint density at radius 1 is 1.11 bits per heavy atom. The van der Waals surface area contributed by atoms with Crippen molar-refractivity contribution in [1.82, 2.24) is 10.2 Å². The van der Waals surface area contributed by atoms with Gasteiger partial charge >= 0.3 is 0 Å². The van der Waals surface area contributed by atoms with Crippen LogP contribution in [0.4, 0.5) is 0 Å². The third-order valence-corrected chi connectivity index (χ3v) is 5.20. The van der Waals surface area contributed by atoms with Crippen molar-refractivity contribution in [2.75, 3.05) is 13.1 Å². The van der Waals surface area contributed by atoms with Crippen LogP contribution in [-0.4, -0.2) is 36.1 Å². The van der Waals surface area contributed by atoms with Gasteiger partial charge in [-0.1, -0.05) is 26.7 Å². The molecule has 0 aromatic carbocycles. The molecule has 2 aliphatic rings. The van der Waals surface area contributed by atoms with Crippen LogP contribution in [0.3, 0.4) is 0 Å². The minimum Gasteiger partial charge on any atom is -0.311 e. The van der Waals surface area contributed by atoms with E-state index in [-0.39, 0.29) is 0 Å². The first-order valence-electron chi connectivity index (χ1n) is 8.23. The molecule has 2 nitrogen and oxygen atoms in total. The van der Waals surface area contributed by atoms with Gasteiger partial charge in [0.25, 0.3) is 0 Å². The van der Waals surface area contributed by atoms with Crippen LogP contribution in [0.15, 0.2) is 0 Å². The molecule has 1 saturated carbocycles. The molecule has 0 aromatic rings. The van der Waals surface area contributed by atoms with Gasteiger partial charge in [0, 0.05) is 31.2 Å². The van der Waals surface area contributed by atoms with Gasteiger partial charge in [-0.3, -0.25) is 4.90 Å². The Hall–Kier alpha value is -0.0800. The Bertz CT molecular complexity index is 233. The summed E-state index contributed by atoms with van der Waals surface area (Å²) in [7, 11) is 0. The molecular formula is C16H32N2. The molecule has 2 heteroatoms. The van der Waals surface area contributed by atoms with Gasteiger partial charge in [-0.25, -0.2) is 0 Å². The second kappa shape index (κ2) is 6.91. The molecule has 2 atom stereocenters. The fraction of sp³-hybridized carbons (Fsp3) is 1.00. The first-order chi connectivity index (χ1) is 8.74. The highest BCUT2D eigenvalue weighted by Crippen LogP contribution is 2.31. The summed E-state index contributed by atoms with van der Waals surface area (Å²) in [6.45, 7) is 9.54. The first-order valence-corrected chi connectivity index (χ1v) is 8.23. The topological polar surface area (TPSA) is 15.3 Å². The van der Waals surface area contributed by atoms with E-state index in [0.29, 0.717) is 0 Å². The van der Waals surface area contributed by atoms with Crippen LogP contribution in [-0.2, 0) is 0 Å². The van der Waals surface area contributed by atoms with E-state index >= 15 is 0 Å². The monoisotopic (exact) mass is 252 g/mol. The molecule has 0 aromatic heterocycles. The van der Waals surface area contributed by atoms with E-state index in [0.717, 1.165) is 24.0 Å². The minimum absolute atomic E-state index is 0.737. The van der Waals surface area contributed by atoms with Gasteiger partial charge in [0.2, 0.25) is 0 Å². The smallest absolute Gasteiger partial charge is 0.0196 e. The lowest BCUT2D eigenvalue weighted by atomic mass is 9.83. The summed E-state index contributed by atoms with van der Waals surface area (Å²) in [6, 6.07) is 2.36. The Morgan fingerprint density at radius 3 is 2.44 bits per heavy atom. The zero-order chi connectivity index (χ0) is 13.0. The second-order valence-electron chi connectivity index (χ2n) is 6.52. The average Bonchev–Trinajstić information content (AvgIpc) is 2.41. The molecule has 2 unspecified atom stereocenters. The Labute approximate surface area is 114 Å². The maximum absolute atomic E-state index is 3.72. The minimum atomic E-state index is 0.737. The zero-order valence-corrected chi connectivity index (χ0v) is 12.6. The van der Waals surface area contributed by atoms with Gasteiger partial charge in [0.1, 0.15) is 0 Å². The quantitative estimate of drug-likeness (QED) is 0.825. The molecule has 2 fully saturated rings. The standard InChI is InChI=1S/C16H32N2/c1-4-6-15-12-18(13(3)11-17-15)16-9-7-14(5-2)8-10-16/h13-17H,4-12H2,1-3H3. The van der Waals surface area contributed by atoms with Crippen LogP contribution >= 0.6 is 0 Å². The van der Waals surface area contributed by atoms with Crippen molar-refractivity contribution in [2.24, 2.45) is 5.92 Å². The molecule has 18 heavy (non-hydrogen) atoms. The highest BCUT2D eigenvalue weighted by atomic mass is 15.2. The summed E-state index contributed by atoms with van der Waals surface area (Å²) >= 11 is 0. The van der Waals surface area contributed by atoms with Gasteiger partial charge in [-0.15, -0.1) is 0 Å². The Morgan fingerprint density at radius 2 is 1.83 bits per heavy atom.